The van der Waals surface area contributed by atoms with E-state index in [1.807, 2.05) is 24.4 Å². The van der Waals surface area contributed by atoms with Crippen molar-refractivity contribution < 1.29 is 9.13 Å². The van der Waals surface area contributed by atoms with Gasteiger partial charge in [-0.1, -0.05) is 12.1 Å². The summed E-state index contributed by atoms with van der Waals surface area (Å²) in [6.07, 6.45) is 2.88. The average molecular weight is 378 g/mol. The number of nitrogens with zero attached hydrogens (tertiary/aromatic N) is 3. The summed E-state index contributed by atoms with van der Waals surface area (Å²) < 4.78 is 19.6. The van der Waals surface area contributed by atoms with Crippen LogP contribution in [0.25, 0.3) is 11.4 Å². The molecule has 2 aliphatic heterocycles. The Morgan fingerprint density at radius 3 is 2.79 bits per heavy atom. The van der Waals surface area contributed by atoms with Crippen LogP contribution in [0.15, 0.2) is 48.7 Å². The number of hydrogen-bond donors (Lipinski definition) is 1. The molecular weight excluding hydrogens is 355 g/mol. The van der Waals surface area contributed by atoms with Crippen LogP contribution in [0.5, 0.6) is 5.75 Å². The molecule has 0 spiro atoms. The van der Waals surface area contributed by atoms with Gasteiger partial charge in [0.15, 0.2) is 0 Å². The van der Waals surface area contributed by atoms with Crippen LogP contribution in [0.1, 0.15) is 11.3 Å². The maximum atomic E-state index is 14.0. The van der Waals surface area contributed by atoms with Crippen molar-refractivity contribution in [3.05, 3.63) is 65.7 Å². The van der Waals surface area contributed by atoms with E-state index in [1.54, 1.807) is 6.07 Å². The zero-order chi connectivity index (χ0) is 18.9. The Morgan fingerprint density at radius 1 is 1.07 bits per heavy atom. The highest BCUT2D eigenvalue weighted by Crippen LogP contribution is 2.29. The second-order valence-corrected chi connectivity index (χ2v) is 7.39. The van der Waals surface area contributed by atoms with E-state index in [4.69, 9.17) is 4.74 Å². The number of fused-ring (bicyclic) bond motifs is 1. The van der Waals surface area contributed by atoms with Crippen molar-refractivity contribution in [2.75, 3.05) is 37.7 Å². The predicted octanol–water partition coefficient (Wildman–Crippen LogP) is 3.47. The second-order valence-electron chi connectivity index (χ2n) is 7.39. The van der Waals surface area contributed by atoms with E-state index in [9.17, 15) is 4.39 Å². The number of halogens is 1. The lowest BCUT2D eigenvalue weighted by Gasteiger charge is -2.35. The summed E-state index contributed by atoms with van der Waals surface area (Å²) in [5.41, 5.74) is 4.15. The van der Waals surface area contributed by atoms with Crippen molar-refractivity contribution in [1.29, 1.82) is 0 Å². The van der Waals surface area contributed by atoms with Crippen molar-refractivity contribution in [1.82, 2.24) is 14.9 Å². The number of imidazole rings is 1. The number of aromatic amines is 1. The summed E-state index contributed by atoms with van der Waals surface area (Å²) in [5.74, 6) is 1.74. The molecule has 0 aliphatic carbocycles. The zero-order valence-electron chi connectivity index (χ0n) is 15.7. The Hall–Kier alpha value is -2.86. The van der Waals surface area contributed by atoms with Gasteiger partial charge in [0, 0.05) is 56.6 Å². The first-order valence-corrected chi connectivity index (χ1v) is 9.78. The van der Waals surface area contributed by atoms with E-state index >= 15 is 0 Å². The minimum Gasteiger partial charge on any atom is -0.493 e. The monoisotopic (exact) mass is 378 g/mol. The van der Waals surface area contributed by atoms with Crippen molar-refractivity contribution in [2.45, 2.75) is 13.0 Å². The van der Waals surface area contributed by atoms with Gasteiger partial charge in [0.1, 0.15) is 17.4 Å². The molecule has 1 saturated heterocycles. The van der Waals surface area contributed by atoms with Crippen LogP contribution >= 0.6 is 0 Å². The molecule has 2 aromatic carbocycles. The third kappa shape index (κ3) is 3.36. The molecule has 0 amide bonds. The van der Waals surface area contributed by atoms with Gasteiger partial charge in [0.2, 0.25) is 0 Å². The first-order chi connectivity index (χ1) is 13.8. The highest BCUT2D eigenvalue weighted by molar-refractivity contribution is 5.59. The summed E-state index contributed by atoms with van der Waals surface area (Å²) in [4.78, 5) is 12.5. The van der Waals surface area contributed by atoms with Crippen LogP contribution in [0.2, 0.25) is 0 Å². The molecule has 3 aromatic rings. The van der Waals surface area contributed by atoms with Gasteiger partial charge in [-0.05, 0) is 35.9 Å². The molecule has 6 heteroatoms. The summed E-state index contributed by atoms with van der Waals surface area (Å²) in [7, 11) is 0. The number of benzene rings is 2. The Bertz CT molecular complexity index is 978. The molecule has 2 aliphatic rings. The zero-order valence-corrected chi connectivity index (χ0v) is 15.7. The molecule has 0 radical (unpaired) electrons. The average Bonchev–Trinajstić information content (AvgIpc) is 3.38. The van der Waals surface area contributed by atoms with Crippen LogP contribution < -0.4 is 9.64 Å². The fourth-order valence-corrected chi connectivity index (χ4v) is 4.02. The van der Waals surface area contributed by atoms with Crippen molar-refractivity contribution >= 4 is 5.69 Å². The fraction of sp³-hybridized carbons (Fsp3) is 0.318. The molecule has 0 bridgehead atoms. The van der Waals surface area contributed by atoms with Gasteiger partial charge in [0.05, 0.1) is 12.3 Å². The lowest BCUT2D eigenvalue weighted by atomic mass is 10.1. The highest BCUT2D eigenvalue weighted by Gasteiger charge is 2.20. The number of ether oxygens (including phenoxy) is 1. The summed E-state index contributed by atoms with van der Waals surface area (Å²) in [6.45, 7) is 5.05. The maximum Gasteiger partial charge on any atom is 0.146 e. The summed E-state index contributed by atoms with van der Waals surface area (Å²) in [6, 6.07) is 13.3. The first kappa shape index (κ1) is 17.3. The Balaban J connectivity index is 1.22. The molecule has 28 heavy (non-hydrogen) atoms. The molecule has 1 aromatic heterocycles. The number of rotatable bonds is 4. The normalized spacial score (nSPS) is 16.8. The molecule has 1 N–H and O–H groups in total. The van der Waals surface area contributed by atoms with Crippen LogP contribution in [0, 0.1) is 5.82 Å². The number of anilines is 1. The van der Waals surface area contributed by atoms with E-state index in [0.717, 1.165) is 68.6 Å². The van der Waals surface area contributed by atoms with E-state index < -0.39 is 0 Å². The van der Waals surface area contributed by atoms with Gasteiger partial charge in [-0.3, -0.25) is 4.90 Å². The largest absolute Gasteiger partial charge is 0.493 e. The van der Waals surface area contributed by atoms with Gasteiger partial charge in [0.25, 0.3) is 0 Å². The van der Waals surface area contributed by atoms with Crippen LogP contribution in [0.4, 0.5) is 10.1 Å². The number of para-hydroxylation sites is 1. The van der Waals surface area contributed by atoms with E-state index in [-0.39, 0.29) is 5.82 Å². The Morgan fingerprint density at radius 2 is 1.93 bits per heavy atom. The van der Waals surface area contributed by atoms with Gasteiger partial charge in [-0.25, -0.2) is 9.37 Å². The SMILES string of the molecule is Fc1ccccc1N1CCN(Cc2cnc(-c3ccc4c(c3)CCO4)[nH]2)CC1. The molecule has 0 saturated carbocycles. The van der Waals surface area contributed by atoms with Crippen LogP contribution in [-0.2, 0) is 13.0 Å². The lowest BCUT2D eigenvalue weighted by molar-refractivity contribution is 0.247. The van der Waals surface area contributed by atoms with Crippen molar-refractivity contribution in [2.24, 2.45) is 0 Å². The Labute approximate surface area is 163 Å². The minimum absolute atomic E-state index is 0.145. The highest BCUT2D eigenvalue weighted by atomic mass is 19.1. The van der Waals surface area contributed by atoms with E-state index in [1.165, 1.54) is 11.6 Å². The molecule has 5 rings (SSSR count). The Kier molecular flexibility index (Phi) is 4.49. The van der Waals surface area contributed by atoms with Crippen LogP contribution in [0.3, 0.4) is 0 Å². The van der Waals surface area contributed by atoms with E-state index in [2.05, 4.69) is 31.9 Å². The molecular formula is C22H23FN4O. The molecule has 5 nitrogen and oxygen atoms in total. The first-order valence-electron chi connectivity index (χ1n) is 9.78. The molecule has 0 atom stereocenters. The molecule has 1 fully saturated rings. The molecule has 144 valence electrons. The lowest BCUT2D eigenvalue weighted by Crippen LogP contribution is -2.46. The number of nitrogens with one attached hydrogen (secondary N) is 1. The standard InChI is InChI=1S/C22H23FN4O/c23-19-3-1-2-4-20(19)27-10-8-26(9-11-27)15-18-14-24-22(25-18)17-5-6-21-16(13-17)7-12-28-21/h1-6,13-14H,7-12,15H2,(H,24,25). The third-order valence-corrected chi connectivity index (χ3v) is 5.55. The van der Waals surface area contributed by atoms with Gasteiger partial charge in [-0.15, -0.1) is 0 Å². The van der Waals surface area contributed by atoms with Gasteiger partial charge in [-0.2, -0.15) is 0 Å². The minimum atomic E-state index is -0.145. The molecule has 3 heterocycles. The molecule has 0 unspecified atom stereocenters. The number of aromatic nitrogens is 2. The third-order valence-electron chi connectivity index (χ3n) is 5.55. The van der Waals surface area contributed by atoms with Gasteiger partial charge < -0.3 is 14.6 Å². The summed E-state index contributed by atoms with van der Waals surface area (Å²) in [5, 5.41) is 0. The predicted molar refractivity (Wildman–Crippen MR) is 107 cm³/mol. The number of H-pyrrole nitrogens is 1. The summed E-state index contributed by atoms with van der Waals surface area (Å²) >= 11 is 0. The van der Waals surface area contributed by atoms with Crippen molar-refractivity contribution in [3.63, 3.8) is 0 Å². The van der Waals surface area contributed by atoms with E-state index in [0.29, 0.717) is 5.69 Å². The number of hydrogen-bond acceptors (Lipinski definition) is 4. The fourth-order valence-electron chi connectivity index (χ4n) is 4.02. The second kappa shape index (κ2) is 7.28. The van der Waals surface area contributed by atoms with Gasteiger partial charge >= 0.3 is 0 Å². The smallest absolute Gasteiger partial charge is 0.146 e. The number of piperazine rings is 1. The topological polar surface area (TPSA) is 44.4 Å². The maximum absolute atomic E-state index is 14.0. The van der Waals surface area contributed by atoms with Crippen LogP contribution in [-0.4, -0.2) is 47.7 Å². The quantitative estimate of drug-likeness (QED) is 0.755. The van der Waals surface area contributed by atoms with Crippen molar-refractivity contribution in [3.8, 4) is 17.1 Å².